The van der Waals surface area contributed by atoms with Crippen LogP contribution in [0.2, 0.25) is 0 Å². The second-order valence-electron chi connectivity index (χ2n) is 8.91. The number of aromatic nitrogens is 1. The van der Waals surface area contributed by atoms with Crippen LogP contribution in [0.1, 0.15) is 16.7 Å². The summed E-state index contributed by atoms with van der Waals surface area (Å²) in [7, 11) is 0. The van der Waals surface area contributed by atoms with Gasteiger partial charge < -0.3 is 9.47 Å². The summed E-state index contributed by atoms with van der Waals surface area (Å²) in [5, 5.41) is 0.578. The molecule has 1 aromatic heterocycles. The number of halogens is 2. The lowest BCUT2D eigenvalue weighted by Crippen LogP contribution is -2.08. The van der Waals surface area contributed by atoms with Gasteiger partial charge in [0, 0.05) is 30.5 Å². The van der Waals surface area contributed by atoms with Crippen LogP contribution in [0.25, 0.3) is 15.7 Å². The Labute approximate surface area is 224 Å². The monoisotopic (exact) mass is 520 g/mol. The smallest absolute Gasteiger partial charge is 0.229 e. The topological polar surface area (TPSA) is 52.8 Å². The molecule has 0 atom stereocenters. The van der Waals surface area contributed by atoms with E-state index >= 15 is 0 Å². The number of pyridine rings is 1. The average Bonchev–Trinajstić information content (AvgIpc) is 2.95. The van der Waals surface area contributed by atoms with Crippen molar-refractivity contribution in [3.8, 4) is 17.2 Å². The molecule has 0 saturated heterocycles. The third-order valence-corrected chi connectivity index (χ3v) is 6.09. The molecule has 1 heterocycles. The SMILES string of the molecule is [C-]#[N+]c1cc2c(Oc3ccc(CC(=O)Cc4ccc(F)cc4)c(F)c3)ccnc2cc1OCc1ccccc1. The average molecular weight is 521 g/mol. The van der Waals surface area contributed by atoms with Crippen molar-refractivity contribution in [1.29, 1.82) is 0 Å². The highest BCUT2D eigenvalue weighted by Crippen LogP contribution is 2.38. The van der Waals surface area contributed by atoms with Gasteiger partial charge in [-0.1, -0.05) is 48.5 Å². The fraction of sp³-hybridized carbons (Fsp3) is 0.0938. The summed E-state index contributed by atoms with van der Waals surface area (Å²) in [5.74, 6) is -0.0887. The highest BCUT2D eigenvalue weighted by molar-refractivity contribution is 5.91. The number of ether oxygens (including phenoxy) is 2. The van der Waals surface area contributed by atoms with E-state index in [1.54, 1.807) is 30.5 Å². The second-order valence-corrected chi connectivity index (χ2v) is 8.91. The molecule has 192 valence electrons. The van der Waals surface area contributed by atoms with Crippen LogP contribution in [0.15, 0.2) is 97.2 Å². The zero-order valence-electron chi connectivity index (χ0n) is 20.7. The van der Waals surface area contributed by atoms with Gasteiger partial charge in [0.15, 0.2) is 0 Å². The number of fused-ring (bicyclic) bond motifs is 1. The third kappa shape index (κ3) is 6.25. The van der Waals surface area contributed by atoms with Gasteiger partial charge in [-0.15, -0.1) is 0 Å². The van der Waals surface area contributed by atoms with E-state index in [9.17, 15) is 13.6 Å². The summed E-state index contributed by atoms with van der Waals surface area (Å²) < 4.78 is 39.8. The molecule has 0 aliphatic carbocycles. The molecule has 4 aromatic carbocycles. The van der Waals surface area contributed by atoms with Crippen LogP contribution < -0.4 is 9.47 Å². The van der Waals surface area contributed by atoms with Gasteiger partial charge in [-0.05, 0) is 53.1 Å². The molecule has 5 nitrogen and oxygen atoms in total. The predicted octanol–water partition coefficient (Wildman–Crippen LogP) is 7.79. The molecule has 0 fully saturated rings. The predicted molar refractivity (Wildman–Crippen MR) is 144 cm³/mol. The summed E-state index contributed by atoms with van der Waals surface area (Å²) in [6, 6.07) is 24.6. The summed E-state index contributed by atoms with van der Waals surface area (Å²) >= 11 is 0. The van der Waals surface area contributed by atoms with E-state index in [1.165, 1.54) is 36.4 Å². The quantitative estimate of drug-likeness (QED) is 0.186. The van der Waals surface area contributed by atoms with E-state index in [0.717, 1.165) is 5.56 Å². The van der Waals surface area contributed by atoms with Crippen LogP contribution in [0.3, 0.4) is 0 Å². The number of Topliss-reactive ketones (excluding diaryl/α,β-unsaturated/α-hetero) is 1. The van der Waals surface area contributed by atoms with E-state index in [4.69, 9.17) is 16.0 Å². The van der Waals surface area contributed by atoms with Crippen molar-refractivity contribution in [2.75, 3.05) is 0 Å². The molecule has 0 radical (unpaired) electrons. The van der Waals surface area contributed by atoms with Crippen LogP contribution in [0.4, 0.5) is 14.5 Å². The van der Waals surface area contributed by atoms with Gasteiger partial charge in [0.2, 0.25) is 5.69 Å². The Morgan fingerprint density at radius 1 is 0.846 bits per heavy atom. The summed E-state index contributed by atoms with van der Waals surface area (Å²) in [6.07, 6.45) is 1.55. The fourth-order valence-corrected chi connectivity index (χ4v) is 4.13. The number of nitrogens with zero attached hydrogens (tertiary/aromatic N) is 2. The lowest BCUT2D eigenvalue weighted by molar-refractivity contribution is -0.117. The Morgan fingerprint density at radius 2 is 1.64 bits per heavy atom. The minimum absolute atomic E-state index is 0.0847. The Kier molecular flexibility index (Phi) is 7.56. The maximum Gasteiger partial charge on any atom is 0.229 e. The van der Waals surface area contributed by atoms with Crippen molar-refractivity contribution in [1.82, 2.24) is 4.98 Å². The zero-order valence-corrected chi connectivity index (χ0v) is 20.7. The molecule has 0 aliphatic heterocycles. The van der Waals surface area contributed by atoms with Crippen LogP contribution in [0, 0.1) is 18.2 Å². The second kappa shape index (κ2) is 11.5. The molecule has 0 N–H and O–H groups in total. The van der Waals surface area contributed by atoms with Crippen molar-refractivity contribution >= 4 is 22.4 Å². The number of hydrogen-bond acceptors (Lipinski definition) is 4. The minimum Gasteiger partial charge on any atom is -0.500 e. The molecule has 39 heavy (non-hydrogen) atoms. The standard InChI is InChI=1S/C32H22F2N2O3/c1-35-30-18-27-29(19-32(30)38-20-22-5-3-2-4-6-22)36-14-13-31(27)39-26-12-9-23(28(34)17-26)16-25(37)15-21-7-10-24(33)11-8-21/h2-14,17-19H,15-16,20H2. The van der Waals surface area contributed by atoms with Gasteiger partial charge in [-0.3, -0.25) is 9.78 Å². The van der Waals surface area contributed by atoms with Crippen molar-refractivity contribution < 1.29 is 23.0 Å². The molecule has 5 rings (SSSR count). The van der Waals surface area contributed by atoms with Gasteiger partial charge in [0.05, 0.1) is 12.1 Å². The molecule has 0 aliphatic rings. The van der Waals surface area contributed by atoms with E-state index in [2.05, 4.69) is 9.83 Å². The zero-order chi connectivity index (χ0) is 27.2. The highest BCUT2D eigenvalue weighted by Gasteiger charge is 2.14. The van der Waals surface area contributed by atoms with Crippen molar-refractivity contribution in [3.63, 3.8) is 0 Å². The molecule has 0 saturated carbocycles. The largest absolute Gasteiger partial charge is 0.500 e. The lowest BCUT2D eigenvalue weighted by Gasteiger charge is -2.13. The highest BCUT2D eigenvalue weighted by atomic mass is 19.1. The maximum atomic E-state index is 14.9. The number of ketones is 1. The first-order valence-electron chi connectivity index (χ1n) is 12.2. The number of carbonyl (C=O) groups excluding carboxylic acids is 1. The Hall–Kier alpha value is -5.09. The first kappa shape index (κ1) is 25.6. The Balaban J connectivity index is 1.32. The number of carbonyl (C=O) groups is 1. The molecular formula is C32H22F2N2O3. The first-order chi connectivity index (χ1) is 19.0. The van der Waals surface area contributed by atoms with Crippen LogP contribution in [-0.2, 0) is 24.2 Å². The van der Waals surface area contributed by atoms with E-state index in [-0.39, 0.29) is 35.8 Å². The van der Waals surface area contributed by atoms with Crippen LogP contribution >= 0.6 is 0 Å². The molecular weight excluding hydrogens is 498 g/mol. The summed E-state index contributed by atoms with van der Waals surface area (Å²) in [4.78, 5) is 20.4. The summed E-state index contributed by atoms with van der Waals surface area (Å²) in [6.45, 7) is 7.92. The number of rotatable bonds is 9. The fourth-order valence-electron chi connectivity index (χ4n) is 4.13. The van der Waals surface area contributed by atoms with E-state index in [0.29, 0.717) is 40.3 Å². The Morgan fingerprint density at radius 3 is 2.38 bits per heavy atom. The number of benzene rings is 4. The summed E-state index contributed by atoms with van der Waals surface area (Å²) in [5.41, 5.74) is 2.74. The van der Waals surface area contributed by atoms with E-state index < -0.39 is 5.82 Å². The molecule has 0 unspecified atom stereocenters. The van der Waals surface area contributed by atoms with Gasteiger partial charge in [-0.2, -0.15) is 0 Å². The van der Waals surface area contributed by atoms with E-state index in [1.807, 2.05) is 30.3 Å². The van der Waals surface area contributed by atoms with Crippen molar-refractivity contribution in [3.05, 3.63) is 137 Å². The molecule has 0 bridgehead atoms. The minimum atomic E-state index is -0.572. The van der Waals surface area contributed by atoms with Gasteiger partial charge in [0.1, 0.15) is 41.3 Å². The van der Waals surface area contributed by atoms with Gasteiger partial charge in [0.25, 0.3) is 0 Å². The molecule has 5 aromatic rings. The maximum absolute atomic E-state index is 14.9. The molecule has 0 spiro atoms. The van der Waals surface area contributed by atoms with Gasteiger partial charge >= 0.3 is 0 Å². The Bertz CT molecular complexity index is 1680. The molecule has 0 amide bonds. The lowest BCUT2D eigenvalue weighted by atomic mass is 10.0. The molecule has 7 heteroatoms. The van der Waals surface area contributed by atoms with Crippen LogP contribution in [0.5, 0.6) is 17.2 Å². The van der Waals surface area contributed by atoms with Gasteiger partial charge in [-0.25, -0.2) is 13.6 Å². The van der Waals surface area contributed by atoms with Crippen molar-refractivity contribution in [2.45, 2.75) is 19.4 Å². The third-order valence-electron chi connectivity index (χ3n) is 6.09. The normalized spacial score (nSPS) is 10.7. The number of hydrogen-bond donors (Lipinski definition) is 0. The van der Waals surface area contributed by atoms with Crippen molar-refractivity contribution in [2.24, 2.45) is 0 Å². The van der Waals surface area contributed by atoms with Crippen LogP contribution in [-0.4, -0.2) is 10.8 Å². The first-order valence-corrected chi connectivity index (χ1v) is 12.2.